The molecule has 0 radical (unpaired) electrons. The van der Waals surface area contributed by atoms with Gasteiger partial charge in [0.15, 0.2) is 0 Å². The van der Waals surface area contributed by atoms with E-state index in [1.165, 1.54) is 6.07 Å². The van der Waals surface area contributed by atoms with Crippen LogP contribution in [0.1, 0.15) is 34.3 Å². The first-order valence-electron chi connectivity index (χ1n) is 11.4. The van der Waals surface area contributed by atoms with Crippen molar-refractivity contribution in [2.45, 2.75) is 38.0 Å². The molecule has 1 saturated heterocycles. The number of alkyl halides is 3. The lowest BCUT2D eigenvalue weighted by Crippen LogP contribution is -2.60. The highest BCUT2D eigenvalue weighted by Crippen LogP contribution is 2.71. The summed E-state index contributed by atoms with van der Waals surface area (Å²) in [6.07, 6.45) is 0.157. The van der Waals surface area contributed by atoms with E-state index in [2.05, 4.69) is 15.3 Å². The minimum Gasteiger partial charge on any atom is -0.365 e. The molecule has 3 aromatic rings. The van der Waals surface area contributed by atoms with Crippen LogP contribution in [-0.4, -0.2) is 39.4 Å². The Balaban J connectivity index is 1.26. The Kier molecular flexibility index (Phi) is 4.53. The fourth-order valence-electron chi connectivity index (χ4n) is 5.99. The topological polar surface area (TPSA) is 58.1 Å². The Hall–Kier alpha value is -3.42. The number of piperidine rings is 1. The molecule has 1 amide bonds. The van der Waals surface area contributed by atoms with Crippen molar-refractivity contribution in [2.75, 3.05) is 11.9 Å². The molecule has 1 spiro atoms. The molecule has 1 aromatic carbocycles. The first-order valence-corrected chi connectivity index (χ1v) is 11.4. The van der Waals surface area contributed by atoms with Gasteiger partial charge in [0.2, 0.25) is 0 Å². The van der Waals surface area contributed by atoms with Crippen LogP contribution in [0.15, 0.2) is 60.9 Å². The van der Waals surface area contributed by atoms with Crippen LogP contribution in [0.4, 0.5) is 19.0 Å². The van der Waals surface area contributed by atoms with Crippen LogP contribution in [0.5, 0.6) is 0 Å². The van der Waals surface area contributed by atoms with Gasteiger partial charge < -0.3 is 10.2 Å². The number of hydrogen-bond donors (Lipinski definition) is 1. The molecular weight excluding hydrogens is 441 g/mol. The normalized spacial score (nSPS) is 26.9. The van der Waals surface area contributed by atoms with E-state index >= 15 is 0 Å². The number of amides is 1. The summed E-state index contributed by atoms with van der Waals surface area (Å²) in [5.41, 5.74) is 2.59. The fourth-order valence-corrected chi connectivity index (χ4v) is 5.99. The molecule has 4 unspecified atom stereocenters. The minimum absolute atomic E-state index is 0.00646. The summed E-state index contributed by atoms with van der Waals surface area (Å²) < 4.78 is 38.6. The first-order chi connectivity index (χ1) is 16.3. The van der Waals surface area contributed by atoms with E-state index in [1.54, 1.807) is 6.20 Å². The van der Waals surface area contributed by atoms with E-state index in [-0.39, 0.29) is 23.4 Å². The average Bonchev–Trinajstić information content (AvgIpc) is 3.47. The second kappa shape index (κ2) is 7.29. The quantitative estimate of drug-likeness (QED) is 0.578. The fraction of sp³-hybridized carbons (Fsp3) is 0.346. The Morgan fingerprint density at radius 2 is 1.91 bits per heavy atom. The van der Waals surface area contributed by atoms with Gasteiger partial charge in [0.05, 0.1) is 17.3 Å². The molecule has 2 aliphatic carbocycles. The number of rotatable bonds is 4. The van der Waals surface area contributed by atoms with E-state index in [0.29, 0.717) is 23.8 Å². The number of nitrogens with one attached hydrogen (secondary N) is 1. The monoisotopic (exact) mass is 464 g/mol. The summed E-state index contributed by atoms with van der Waals surface area (Å²) in [4.78, 5) is 24.2. The largest absolute Gasteiger partial charge is 0.417 e. The van der Waals surface area contributed by atoms with Crippen molar-refractivity contribution in [3.8, 4) is 11.3 Å². The molecule has 1 N–H and O–H groups in total. The third-order valence-corrected chi connectivity index (χ3v) is 7.71. The van der Waals surface area contributed by atoms with E-state index in [0.717, 1.165) is 41.9 Å². The number of halogens is 3. The number of pyridine rings is 2. The van der Waals surface area contributed by atoms with Gasteiger partial charge in [-0.2, -0.15) is 13.2 Å². The molecule has 34 heavy (non-hydrogen) atoms. The molecule has 0 bridgehead atoms. The zero-order valence-corrected chi connectivity index (χ0v) is 18.5. The van der Waals surface area contributed by atoms with Gasteiger partial charge in [0.1, 0.15) is 5.82 Å². The van der Waals surface area contributed by atoms with Crippen LogP contribution >= 0.6 is 0 Å². The summed E-state index contributed by atoms with van der Waals surface area (Å²) >= 11 is 0. The molecule has 4 atom stereocenters. The van der Waals surface area contributed by atoms with Crippen LogP contribution in [-0.2, 0) is 6.18 Å². The smallest absolute Gasteiger partial charge is 0.365 e. The molecule has 2 aromatic heterocycles. The van der Waals surface area contributed by atoms with Crippen LogP contribution in [0.25, 0.3) is 11.3 Å². The molecule has 3 aliphatic rings. The van der Waals surface area contributed by atoms with Crippen molar-refractivity contribution in [3.05, 3.63) is 77.6 Å². The number of aromatic nitrogens is 2. The average molecular weight is 464 g/mol. The predicted octanol–water partition coefficient (Wildman–Crippen LogP) is 5.19. The number of likely N-dealkylation sites (tertiary alicyclic amines) is 1. The Morgan fingerprint density at radius 3 is 2.65 bits per heavy atom. The van der Waals surface area contributed by atoms with Gasteiger partial charge in [-0.25, -0.2) is 4.98 Å². The molecule has 8 heteroatoms. The standard InChI is InChI=1S/C26H23F3N4O/c1-15-5-4-10-30-22(15)18-6-2-3-7-19(18)24(34)33-14-17-11-25(17)12-20(23(25)33)32-21-9-8-16(13-31-21)26(27,28)29/h2-10,13,17,20,23H,11-12,14H2,1H3,(H,31,32). The van der Waals surface area contributed by atoms with Crippen LogP contribution in [0.3, 0.4) is 0 Å². The summed E-state index contributed by atoms with van der Waals surface area (Å²) in [7, 11) is 0. The number of benzene rings is 1. The van der Waals surface area contributed by atoms with Crippen LogP contribution < -0.4 is 5.32 Å². The minimum atomic E-state index is -4.42. The maximum Gasteiger partial charge on any atom is 0.417 e. The van der Waals surface area contributed by atoms with Gasteiger partial charge in [0.25, 0.3) is 5.91 Å². The van der Waals surface area contributed by atoms with Gasteiger partial charge in [-0.15, -0.1) is 0 Å². The highest BCUT2D eigenvalue weighted by Gasteiger charge is 2.75. The molecule has 1 aliphatic heterocycles. The number of anilines is 1. The summed E-state index contributed by atoms with van der Waals surface area (Å²) in [6.45, 7) is 2.68. The van der Waals surface area contributed by atoms with E-state index in [4.69, 9.17) is 0 Å². The van der Waals surface area contributed by atoms with Crippen molar-refractivity contribution >= 4 is 11.7 Å². The van der Waals surface area contributed by atoms with Crippen LogP contribution in [0.2, 0.25) is 0 Å². The molecule has 2 saturated carbocycles. The van der Waals surface area contributed by atoms with Crippen molar-refractivity contribution in [2.24, 2.45) is 11.3 Å². The summed E-state index contributed by atoms with van der Waals surface area (Å²) in [5, 5.41) is 3.29. The molecule has 6 rings (SSSR count). The number of carbonyl (C=O) groups excluding carboxylic acids is 1. The van der Waals surface area contributed by atoms with Gasteiger partial charge in [-0.05, 0) is 60.9 Å². The Bertz CT molecular complexity index is 1280. The first kappa shape index (κ1) is 21.1. The zero-order chi connectivity index (χ0) is 23.7. The van der Waals surface area contributed by atoms with Gasteiger partial charge in [0, 0.05) is 36.1 Å². The maximum atomic E-state index is 13.8. The van der Waals surface area contributed by atoms with E-state index in [9.17, 15) is 18.0 Å². The Labute approximate surface area is 195 Å². The van der Waals surface area contributed by atoms with Crippen molar-refractivity contribution in [1.82, 2.24) is 14.9 Å². The molecule has 3 fully saturated rings. The van der Waals surface area contributed by atoms with Crippen LogP contribution in [0, 0.1) is 18.3 Å². The summed E-state index contributed by atoms with van der Waals surface area (Å²) in [6, 6.07) is 13.8. The molecule has 174 valence electrons. The number of aryl methyl sites for hydroxylation is 1. The lowest BCUT2D eigenvalue weighted by molar-refractivity contribution is -0.137. The van der Waals surface area contributed by atoms with Crippen molar-refractivity contribution in [3.63, 3.8) is 0 Å². The summed E-state index contributed by atoms with van der Waals surface area (Å²) in [5.74, 6) is 0.863. The van der Waals surface area contributed by atoms with Gasteiger partial charge >= 0.3 is 6.18 Å². The highest BCUT2D eigenvalue weighted by atomic mass is 19.4. The van der Waals surface area contributed by atoms with E-state index in [1.807, 2.05) is 48.2 Å². The maximum absolute atomic E-state index is 13.8. The van der Waals surface area contributed by atoms with Gasteiger partial charge in [-0.1, -0.05) is 24.3 Å². The van der Waals surface area contributed by atoms with Crippen molar-refractivity contribution < 1.29 is 18.0 Å². The lowest BCUT2D eigenvalue weighted by Gasteiger charge is -2.48. The molecule has 5 nitrogen and oxygen atoms in total. The Morgan fingerprint density at radius 1 is 1.09 bits per heavy atom. The third-order valence-electron chi connectivity index (χ3n) is 7.71. The van der Waals surface area contributed by atoms with Crippen molar-refractivity contribution in [1.29, 1.82) is 0 Å². The highest BCUT2D eigenvalue weighted by molar-refractivity contribution is 6.01. The number of hydrogen-bond acceptors (Lipinski definition) is 4. The second-order valence-corrected chi connectivity index (χ2v) is 9.64. The third kappa shape index (κ3) is 3.19. The lowest BCUT2D eigenvalue weighted by atomic mass is 9.71. The second-order valence-electron chi connectivity index (χ2n) is 9.64. The molecule has 3 heterocycles. The molecular formula is C26H23F3N4O. The predicted molar refractivity (Wildman–Crippen MR) is 121 cm³/mol. The SMILES string of the molecule is Cc1cccnc1-c1ccccc1C(=O)N1CC2CC23CC(Nc2ccc(C(F)(F)F)cn2)C13. The number of carbonyl (C=O) groups is 1. The number of nitrogens with zero attached hydrogens (tertiary/aromatic N) is 3. The van der Waals surface area contributed by atoms with Gasteiger partial charge in [-0.3, -0.25) is 9.78 Å². The zero-order valence-electron chi connectivity index (χ0n) is 18.5. The van der Waals surface area contributed by atoms with E-state index < -0.39 is 11.7 Å².